The summed E-state index contributed by atoms with van der Waals surface area (Å²) in [4.78, 5) is 11.3. The number of nitrogens with one attached hydrogen (secondary N) is 2. The zero-order valence-corrected chi connectivity index (χ0v) is 9.47. The zero-order valence-electron chi connectivity index (χ0n) is 9.47. The van der Waals surface area contributed by atoms with Gasteiger partial charge in [0.25, 0.3) is 0 Å². The molecule has 0 radical (unpaired) electrons. The summed E-state index contributed by atoms with van der Waals surface area (Å²) in [6.45, 7) is 10.1. The quantitative estimate of drug-likeness (QED) is 0.608. The molecule has 0 bridgehead atoms. The van der Waals surface area contributed by atoms with Crippen LogP contribution in [0.25, 0.3) is 0 Å². The number of rotatable bonds is 7. The first-order valence-corrected chi connectivity index (χ1v) is 5.25. The van der Waals surface area contributed by atoms with Gasteiger partial charge in [0.05, 0.1) is 6.54 Å². The van der Waals surface area contributed by atoms with Crippen LogP contribution in [0.1, 0.15) is 33.6 Å². The first-order valence-electron chi connectivity index (χ1n) is 5.25. The highest BCUT2D eigenvalue weighted by Crippen LogP contribution is 1.93. The fraction of sp³-hybridized carbons (Fsp3) is 0.727. The lowest BCUT2D eigenvalue weighted by molar-refractivity contribution is -0.120. The highest BCUT2D eigenvalue weighted by molar-refractivity contribution is 5.78. The minimum absolute atomic E-state index is 0.0552. The van der Waals surface area contributed by atoms with Gasteiger partial charge in [0.15, 0.2) is 0 Å². The highest BCUT2D eigenvalue weighted by Gasteiger charge is 2.06. The molecule has 0 spiro atoms. The second kappa shape index (κ2) is 7.56. The lowest BCUT2D eigenvalue weighted by atomic mass is 10.2. The first kappa shape index (κ1) is 13.2. The van der Waals surface area contributed by atoms with Gasteiger partial charge in [-0.25, -0.2) is 0 Å². The molecule has 0 fully saturated rings. The van der Waals surface area contributed by atoms with Crippen LogP contribution in [0, 0.1) is 0 Å². The van der Waals surface area contributed by atoms with Gasteiger partial charge in [0.1, 0.15) is 0 Å². The van der Waals surface area contributed by atoms with Crippen molar-refractivity contribution in [2.75, 3.05) is 6.54 Å². The maximum Gasteiger partial charge on any atom is 0.234 e. The van der Waals surface area contributed by atoms with E-state index in [9.17, 15) is 4.79 Å². The molecule has 0 aliphatic carbocycles. The van der Waals surface area contributed by atoms with Gasteiger partial charge >= 0.3 is 0 Å². The van der Waals surface area contributed by atoms with Gasteiger partial charge in [0, 0.05) is 12.1 Å². The van der Waals surface area contributed by atoms with E-state index in [1.165, 1.54) is 0 Å². The van der Waals surface area contributed by atoms with E-state index in [0.717, 1.165) is 12.8 Å². The Hall–Kier alpha value is -0.830. The van der Waals surface area contributed by atoms with Crippen molar-refractivity contribution in [3.05, 3.63) is 12.7 Å². The smallest absolute Gasteiger partial charge is 0.234 e. The number of amides is 1. The number of carbonyl (C=O) groups excluding carboxylic acids is 1. The van der Waals surface area contributed by atoms with E-state index in [1.54, 1.807) is 6.08 Å². The average Bonchev–Trinajstić information content (AvgIpc) is 2.14. The summed E-state index contributed by atoms with van der Waals surface area (Å²) in [6.07, 6.45) is 3.91. The summed E-state index contributed by atoms with van der Waals surface area (Å²) < 4.78 is 0. The van der Waals surface area contributed by atoms with Gasteiger partial charge in [0.2, 0.25) is 5.91 Å². The minimum atomic E-state index is 0.0552. The van der Waals surface area contributed by atoms with Crippen LogP contribution >= 0.6 is 0 Å². The Labute approximate surface area is 87.0 Å². The van der Waals surface area contributed by atoms with Crippen molar-refractivity contribution >= 4 is 5.91 Å². The van der Waals surface area contributed by atoms with E-state index in [0.29, 0.717) is 6.54 Å². The molecule has 2 unspecified atom stereocenters. The van der Waals surface area contributed by atoms with Crippen LogP contribution in [0.15, 0.2) is 12.7 Å². The topological polar surface area (TPSA) is 41.1 Å². The maximum atomic E-state index is 11.3. The Kier molecular flexibility index (Phi) is 7.11. The summed E-state index contributed by atoms with van der Waals surface area (Å²) in [6, 6.07) is 0.454. The third kappa shape index (κ3) is 6.66. The van der Waals surface area contributed by atoms with Crippen LogP contribution in [0.2, 0.25) is 0 Å². The standard InChI is InChI=1S/C11H22N2O/c1-5-7-10(4)13-11(14)8-12-9(3)6-2/h6,9-10,12H,2,5,7-8H2,1,3-4H3,(H,13,14). The van der Waals surface area contributed by atoms with Gasteiger partial charge in [-0.1, -0.05) is 19.4 Å². The molecule has 0 aliphatic rings. The third-order valence-electron chi connectivity index (χ3n) is 2.07. The number of hydrogen-bond acceptors (Lipinski definition) is 2. The fourth-order valence-corrected chi connectivity index (χ4v) is 1.17. The molecule has 0 saturated heterocycles. The molecule has 1 amide bonds. The van der Waals surface area contributed by atoms with E-state index < -0.39 is 0 Å². The van der Waals surface area contributed by atoms with Crippen LogP contribution in [0.4, 0.5) is 0 Å². The Bertz CT molecular complexity index is 180. The predicted octanol–water partition coefficient (Wildman–Crippen LogP) is 1.46. The van der Waals surface area contributed by atoms with Gasteiger partial charge in [-0.05, 0) is 20.3 Å². The zero-order chi connectivity index (χ0) is 11.0. The van der Waals surface area contributed by atoms with Gasteiger partial charge in [-0.15, -0.1) is 6.58 Å². The van der Waals surface area contributed by atoms with Crippen LogP contribution in [-0.2, 0) is 4.79 Å². The maximum absolute atomic E-state index is 11.3. The molecular weight excluding hydrogens is 176 g/mol. The Morgan fingerprint density at radius 3 is 2.64 bits per heavy atom. The first-order chi connectivity index (χ1) is 6.60. The number of carbonyl (C=O) groups is 1. The summed E-state index contributed by atoms with van der Waals surface area (Å²) >= 11 is 0. The molecular formula is C11H22N2O. The summed E-state index contributed by atoms with van der Waals surface area (Å²) in [7, 11) is 0. The molecule has 3 nitrogen and oxygen atoms in total. The van der Waals surface area contributed by atoms with Crippen LogP contribution < -0.4 is 10.6 Å². The van der Waals surface area contributed by atoms with Gasteiger partial charge in [-0.2, -0.15) is 0 Å². The largest absolute Gasteiger partial charge is 0.353 e. The molecule has 0 saturated carbocycles. The molecule has 0 aliphatic heterocycles. The minimum Gasteiger partial charge on any atom is -0.353 e. The van der Waals surface area contributed by atoms with Crippen molar-refractivity contribution in [3.8, 4) is 0 Å². The van der Waals surface area contributed by atoms with Crippen LogP contribution in [0.3, 0.4) is 0 Å². The van der Waals surface area contributed by atoms with Crippen LogP contribution in [-0.4, -0.2) is 24.5 Å². The fourth-order valence-electron chi connectivity index (χ4n) is 1.17. The van der Waals surface area contributed by atoms with E-state index in [4.69, 9.17) is 0 Å². The van der Waals surface area contributed by atoms with E-state index in [2.05, 4.69) is 24.1 Å². The van der Waals surface area contributed by atoms with Crippen molar-refractivity contribution in [2.45, 2.75) is 45.7 Å². The third-order valence-corrected chi connectivity index (χ3v) is 2.07. The SMILES string of the molecule is C=CC(C)NCC(=O)NC(C)CCC. The van der Waals surface area contributed by atoms with Crippen molar-refractivity contribution in [3.63, 3.8) is 0 Å². The average molecular weight is 198 g/mol. The van der Waals surface area contributed by atoms with Crippen molar-refractivity contribution < 1.29 is 4.79 Å². The van der Waals surface area contributed by atoms with E-state index >= 15 is 0 Å². The molecule has 0 aromatic heterocycles. The molecule has 3 heteroatoms. The number of hydrogen-bond donors (Lipinski definition) is 2. The molecule has 0 aromatic carbocycles. The molecule has 0 rings (SSSR count). The summed E-state index contributed by atoms with van der Waals surface area (Å²) in [5.74, 6) is 0.0552. The van der Waals surface area contributed by atoms with Crippen molar-refractivity contribution in [2.24, 2.45) is 0 Å². The lowest BCUT2D eigenvalue weighted by Crippen LogP contribution is -2.41. The van der Waals surface area contributed by atoms with Crippen molar-refractivity contribution in [1.82, 2.24) is 10.6 Å². The van der Waals surface area contributed by atoms with E-state index in [1.807, 2.05) is 13.8 Å². The molecule has 0 aromatic rings. The second-order valence-corrected chi connectivity index (χ2v) is 3.66. The second-order valence-electron chi connectivity index (χ2n) is 3.66. The lowest BCUT2D eigenvalue weighted by Gasteiger charge is -2.14. The van der Waals surface area contributed by atoms with Crippen LogP contribution in [0.5, 0.6) is 0 Å². The monoisotopic (exact) mass is 198 g/mol. The van der Waals surface area contributed by atoms with Crippen molar-refractivity contribution in [1.29, 1.82) is 0 Å². The van der Waals surface area contributed by atoms with E-state index in [-0.39, 0.29) is 18.0 Å². The predicted molar refractivity (Wildman–Crippen MR) is 60.2 cm³/mol. The molecule has 2 N–H and O–H groups in total. The molecule has 0 heterocycles. The van der Waals surface area contributed by atoms with Gasteiger partial charge < -0.3 is 10.6 Å². The molecule has 82 valence electrons. The summed E-state index contributed by atoms with van der Waals surface area (Å²) in [5.41, 5.74) is 0. The summed E-state index contributed by atoms with van der Waals surface area (Å²) in [5, 5.41) is 5.97. The highest BCUT2D eigenvalue weighted by atomic mass is 16.1. The Morgan fingerprint density at radius 2 is 2.14 bits per heavy atom. The Balaban J connectivity index is 3.59. The molecule has 14 heavy (non-hydrogen) atoms. The Morgan fingerprint density at radius 1 is 1.50 bits per heavy atom. The molecule has 2 atom stereocenters. The van der Waals surface area contributed by atoms with Gasteiger partial charge in [-0.3, -0.25) is 4.79 Å². The normalized spacial score (nSPS) is 14.5.